The fourth-order valence-corrected chi connectivity index (χ4v) is 1.87. The van der Waals surface area contributed by atoms with Gasteiger partial charge in [0.15, 0.2) is 11.5 Å². The first-order chi connectivity index (χ1) is 9.25. The van der Waals surface area contributed by atoms with Gasteiger partial charge in [0, 0.05) is 5.39 Å². The molecule has 5 N–H and O–H groups in total. The van der Waals surface area contributed by atoms with Crippen LogP contribution in [0.15, 0.2) is 52.7 Å². The van der Waals surface area contributed by atoms with E-state index in [0.29, 0.717) is 11.5 Å². The zero-order valence-electron chi connectivity index (χ0n) is 10.0. The van der Waals surface area contributed by atoms with Crippen molar-refractivity contribution in [3.05, 3.63) is 42.5 Å². The fraction of sp³-hybridized carbons (Fsp3) is 0. The third-order valence-corrected chi connectivity index (χ3v) is 2.82. The molecule has 0 bridgehead atoms. The molecule has 0 radical (unpaired) electrons. The Kier molecular flexibility index (Phi) is 2.60. The monoisotopic (exact) mass is 252 g/mol. The summed E-state index contributed by atoms with van der Waals surface area (Å²) in [6.07, 6.45) is 0. The number of rotatable bonds is 2. The van der Waals surface area contributed by atoms with Gasteiger partial charge in [0.1, 0.15) is 5.82 Å². The number of aromatic amines is 1. The van der Waals surface area contributed by atoms with Crippen molar-refractivity contribution in [2.24, 2.45) is 10.2 Å². The zero-order chi connectivity index (χ0) is 13.2. The van der Waals surface area contributed by atoms with Crippen molar-refractivity contribution >= 4 is 33.8 Å². The van der Waals surface area contributed by atoms with Gasteiger partial charge in [0.2, 0.25) is 0 Å². The summed E-state index contributed by atoms with van der Waals surface area (Å²) in [4.78, 5) is 0. The fourth-order valence-electron chi connectivity index (χ4n) is 1.87. The highest BCUT2D eigenvalue weighted by molar-refractivity contribution is 5.92. The Morgan fingerprint density at radius 1 is 0.947 bits per heavy atom. The smallest absolute Gasteiger partial charge is 0.175 e. The molecule has 0 aliphatic heterocycles. The second-order valence-corrected chi connectivity index (χ2v) is 4.07. The highest BCUT2D eigenvalue weighted by Gasteiger charge is 2.06. The Morgan fingerprint density at radius 3 is 2.53 bits per heavy atom. The van der Waals surface area contributed by atoms with Gasteiger partial charge in [-0.15, -0.1) is 10.2 Å². The second-order valence-electron chi connectivity index (χ2n) is 4.07. The predicted octanol–water partition coefficient (Wildman–Crippen LogP) is 3.14. The van der Waals surface area contributed by atoms with Crippen molar-refractivity contribution in [2.75, 3.05) is 11.5 Å². The van der Waals surface area contributed by atoms with Crippen LogP contribution in [-0.4, -0.2) is 10.2 Å². The van der Waals surface area contributed by atoms with E-state index in [-0.39, 0.29) is 5.82 Å². The van der Waals surface area contributed by atoms with Crippen LogP contribution in [0.2, 0.25) is 0 Å². The minimum Gasteiger partial charge on any atom is -0.382 e. The molecule has 94 valence electrons. The van der Waals surface area contributed by atoms with Crippen molar-refractivity contribution in [2.45, 2.75) is 0 Å². The van der Waals surface area contributed by atoms with Gasteiger partial charge >= 0.3 is 0 Å². The van der Waals surface area contributed by atoms with Gasteiger partial charge in [-0.05, 0) is 11.5 Å². The van der Waals surface area contributed by atoms with E-state index in [0.717, 1.165) is 16.5 Å². The Labute approximate surface area is 109 Å². The Morgan fingerprint density at radius 2 is 1.74 bits per heavy atom. The minimum absolute atomic E-state index is 0.237. The second kappa shape index (κ2) is 4.41. The normalized spacial score (nSPS) is 11.4. The van der Waals surface area contributed by atoms with Crippen molar-refractivity contribution in [1.82, 2.24) is 10.2 Å². The van der Waals surface area contributed by atoms with Gasteiger partial charge in [-0.25, -0.2) is 0 Å². The number of hydrogen-bond donors (Lipinski definition) is 3. The van der Waals surface area contributed by atoms with Crippen LogP contribution in [0.25, 0.3) is 10.8 Å². The van der Waals surface area contributed by atoms with E-state index in [1.54, 1.807) is 0 Å². The average molecular weight is 252 g/mol. The maximum absolute atomic E-state index is 5.67. The summed E-state index contributed by atoms with van der Waals surface area (Å²) in [5.41, 5.74) is 12.4. The molecule has 0 amide bonds. The van der Waals surface area contributed by atoms with Crippen LogP contribution < -0.4 is 11.5 Å². The summed E-state index contributed by atoms with van der Waals surface area (Å²) in [7, 11) is 0. The number of nitrogens with one attached hydrogen (secondary N) is 1. The third kappa shape index (κ3) is 1.99. The van der Waals surface area contributed by atoms with Crippen molar-refractivity contribution in [1.29, 1.82) is 0 Å². The van der Waals surface area contributed by atoms with Crippen LogP contribution in [-0.2, 0) is 0 Å². The van der Waals surface area contributed by atoms with E-state index in [9.17, 15) is 0 Å². The molecule has 0 saturated heterocycles. The maximum atomic E-state index is 5.67. The maximum Gasteiger partial charge on any atom is 0.175 e. The Bertz CT molecular complexity index is 734. The molecule has 0 fully saturated rings. The van der Waals surface area contributed by atoms with Gasteiger partial charge in [-0.2, -0.15) is 5.10 Å². The first-order valence-corrected chi connectivity index (χ1v) is 5.74. The summed E-state index contributed by atoms with van der Waals surface area (Å²) >= 11 is 0. The van der Waals surface area contributed by atoms with Crippen LogP contribution in [0.5, 0.6) is 0 Å². The molecule has 0 saturated carbocycles. The SMILES string of the molecule is Nc1n[nH]c(N)c1/N=N/c1cccc2ccccc12. The zero-order valence-corrected chi connectivity index (χ0v) is 10.0. The van der Waals surface area contributed by atoms with Crippen LogP contribution in [0.3, 0.4) is 0 Å². The summed E-state index contributed by atoms with van der Waals surface area (Å²) in [5, 5.41) is 16.7. The Hall–Kier alpha value is -2.89. The van der Waals surface area contributed by atoms with Crippen LogP contribution in [0.4, 0.5) is 23.0 Å². The molecule has 0 unspecified atom stereocenters. The quantitative estimate of drug-likeness (QED) is 0.610. The van der Waals surface area contributed by atoms with Gasteiger partial charge in [0.25, 0.3) is 0 Å². The number of H-pyrrole nitrogens is 1. The number of aromatic nitrogens is 2. The minimum atomic E-state index is 0.237. The molecule has 2 aromatic carbocycles. The molecule has 1 heterocycles. The van der Waals surface area contributed by atoms with E-state index in [2.05, 4.69) is 20.4 Å². The number of azo groups is 1. The highest BCUT2D eigenvalue weighted by atomic mass is 15.2. The van der Waals surface area contributed by atoms with Crippen molar-refractivity contribution in [3.63, 3.8) is 0 Å². The predicted molar refractivity (Wildman–Crippen MR) is 75.5 cm³/mol. The molecule has 3 rings (SSSR count). The number of benzene rings is 2. The lowest BCUT2D eigenvalue weighted by atomic mass is 10.1. The lowest BCUT2D eigenvalue weighted by Gasteiger charge is -2.00. The summed E-state index contributed by atoms with van der Waals surface area (Å²) < 4.78 is 0. The first kappa shape index (κ1) is 11.2. The van der Waals surface area contributed by atoms with E-state index in [1.807, 2.05) is 42.5 Å². The lowest BCUT2D eigenvalue weighted by Crippen LogP contribution is -1.84. The number of fused-ring (bicyclic) bond motifs is 1. The molecule has 6 nitrogen and oxygen atoms in total. The van der Waals surface area contributed by atoms with E-state index in [4.69, 9.17) is 11.5 Å². The molecule has 1 aromatic heterocycles. The number of nitrogens with zero attached hydrogens (tertiary/aromatic N) is 3. The third-order valence-electron chi connectivity index (χ3n) is 2.82. The number of anilines is 2. The summed E-state index contributed by atoms with van der Waals surface area (Å²) in [6, 6.07) is 13.8. The van der Waals surface area contributed by atoms with E-state index >= 15 is 0 Å². The largest absolute Gasteiger partial charge is 0.382 e. The van der Waals surface area contributed by atoms with Gasteiger partial charge < -0.3 is 11.5 Å². The molecule has 0 aliphatic carbocycles. The van der Waals surface area contributed by atoms with Gasteiger partial charge in [-0.3, -0.25) is 5.10 Å². The molecular formula is C13H12N6. The molecule has 6 heteroatoms. The molecule has 0 atom stereocenters. The van der Waals surface area contributed by atoms with Crippen molar-refractivity contribution < 1.29 is 0 Å². The van der Waals surface area contributed by atoms with Crippen LogP contribution in [0.1, 0.15) is 0 Å². The molecule has 0 spiro atoms. The average Bonchev–Trinajstić information content (AvgIpc) is 2.76. The molecule has 3 aromatic rings. The molecular weight excluding hydrogens is 240 g/mol. The van der Waals surface area contributed by atoms with Gasteiger partial charge in [0.05, 0.1) is 5.69 Å². The first-order valence-electron chi connectivity index (χ1n) is 5.74. The molecule has 0 aliphatic rings. The lowest BCUT2D eigenvalue weighted by molar-refractivity contribution is 1.11. The number of nitrogens with two attached hydrogens (primary N) is 2. The van der Waals surface area contributed by atoms with E-state index in [1.165, 1.54) is 0 Å². The summed E-state index contributed by atoms with van der Waals surface area (Å²) in [6.45, 7) is 0. The van der Waals surface area contributed by atoms with Crippen LogP contribution in [0, 0.1) is 0 Å². The Balaban J connectivity index is 2.07. The topological polar surface area (TPSA) is 105 Å². The number of hydrogen-bond acceptors (Lipinski definition) is 5. The standard InChI is InChI=1S/C13H12N6/c14-12-11(13(15)19-18-12)17-16-10-7-3-5-8-4-1-2-6-9(8)10/h1-7H,(H5,14,15,18,19)/b17-16+. The highest BCUT2D eigenvalue weighted by Crippen LogP contribution is 2.31. The van der Waals surface area contributed by atoms with Crippen molar-refractivity contribution in [3.8, 4) is 0 Å². The van der Waals surface area contributed by atoms with E-state index < -0.39 is 0 Å². The van der Waals surface area contributed by atoms with Gasteiger partial charge in [-0.1, -0.05) is 36.4 Å². The summed E-state index contributed by atoms with van der Waals surface area (Å²) in [5.74, 6) is 0.544. The molecule has 19 heavy (non-hydrogen) atoms. The number of nitrogen functional groups attached to an aromatic ring is 2. The van der Waals surface area contributed by atoms with Crippen LogP contribution >= 0.6 is 0 Å².